The van der Waals surface area contributed by atoms with Crippen LogP contribution in [0.2, 0.25) is 0 Å². The maximum Gasteiger partial charge on any atom is 0.0448 e. The van der Waals surface area contributed by atoms with Gasteiger partial charge in [-0.2, -0.15) is 0 Å². The van der Waals surface area contributed by atoms with E-state index in [1.807, 2.05) is 0 Å². The summed E-state index contributed by atoms with van der Waals surface area (Å²) in [5, 5.41) is 8.95. The van der Waals surface area contributed by atoms with Crippen LogP contribution < -0.4 is 0 Å². The molecule has 1 rings (SSSR count). The zero-order valence-electron chi connectivity index (χ0n) is 9.08. The lowest BCUT2D eigenvalue weighted by atomic mass is 9.97. The average Bonchev–Trinajstić information content (AvgIpc) is 2.05. The molecule has 1 heterocycles. The van der Waals surface area contributed by atoms with Crippen molar-refractivity contribution < 1.29 is 5.11 Å². The highest BCUT2D eigenvalue weighted by atomic mass is 16.3. The van der Waals surface area contributed by atoms with Crippen LogP contribution >= 0.6 is 0 Å². The average molecular weight is 186 g/mol. The van der Waals surface area contributed by atoms with E-state index in [0.29, 0.717) is 6.61 Å². The van der Waals surface area contributed by atoms with Crippen LogP contribution in [0.4, 0.5) is 0 Å². The van der Waals surface area contributed by atoms with E-state index in [-0.39, 0.29) is 5.54 Å². The second kappa shape index (κ2) is 4.40. The number of rotatable bonds is 3. The Morgan fingerprint density at radius 2 is 1.69 bits per heavy atom. The predicted molar refractivity (Wildman–Crippen MR) is 54.9 cm³/mol. The minimum absolute atomic E-state index is 0.163. The highest BCUT2D eigenvalue weighted by molar-refractivity contribution is 4.84. The fourth-order valence-corrected chi connectivity index (χ4v) is 1.84. The molecule has 0 unspecified atom stereocenters. The van der Waals surface area contributed by atoms with Crippen molar-refractivity contribution in [2.45, 2.75) is 25.8 Å². The highest BCUT2D eigenvalue weighted by Gasteiger charge is 2.28. The van der Waals surface area contributed by atoms with E-state index in [0.717, 1.165) is 32.6 Å². The van der Waals surface area contributed by atoms with Gasteiger partial charge in [0.25, 0.3) is 0 Å². The number of piperazine rings is 1. The first-order valence-electron chi connectivity index (χ1n) is 5.11. The van der Waals surface area contributed by atoms with Gasteiger partial charge in [-0.15, -0.1) is 0 Å². The summed E-state index contributed by atoms with van der Waals surface area (Å²) in [6.07, 6.45) is 0.872. The van der Waals surface area contributed by atoms with Gasteiger partial charge in [0.15, 0.2) is 0 Å². The maximum absolute atomic E-state index is 8.95. The second-order valence-electron chi connectivity index (χ2n) is 4.58. The smallest absolute Gasteiger partial charge is 0.0448 e. The zero-order chi connectivity index (χ0) is 9.90. The molecule has 78 valence electrons. The lowest BCUT2D eigenvalue weighted by Gasteiger charge is -2.43. The van der Waals surface area contributed by atoms with E-state index in [1.54, 1.807) is 0 Å². The van der Waals surface area contributed by atoms with Crippen molar-refractivity contribution in [3.63, 3.8) is 0 Å². The minimum atomic E-state index is 0.163. The number of hydrogen-bond donors (Lipinski definition) is 1. The van der Waals surface area contributed by atoms with Crippen molar-refractivity contribution >= 4 is 0 Å². The minimum Gasteiger partial charge on any atom is -0.396 e. The zero-order valence-corrected chi connectivity index (χ0v) is 9.08. The molecule has 0 saturated carbocycles. The van der Waals surface area contributed by atoms with Crippen LogP contribution in [0, 0.1) is 0 Å². The van der Waals surface area contributed by atoms with Gasteiger partial charge in [-0.05, 0) is 27.3 Å². The topological polar surface area (TPSA) is 26.7 Å². The van der Waals surface area contributed by atoms with E-state index in [2.05, 4.69) is 30.7 Å². The van der Waals surface area contributed by atoms with E-state index < -0.39 is 0 Å². The summed E-state index contributed by atoms with van der Waals surface area (Å²) in [6.45, 7) is 9.28. The van der Waals surface area contributed by atoms with E-state index >= 15 is 0 Å². The molecule has 1 saturated heterocycles. The molecule has 0 amide bonds. The fraction of sp³-hybridized carbons (Fsp3) is 1.00. The summed E-state index contributed by atoms with van der Waals surface area (Å²) in [7, 11) is 2.16. The Hall–Kier alpha value is -0.120. The molecule has 1 aliphatic heterocycles. The third-order valence-corrected chi connectivity index (χ3v) is 3.08. The molecule has 0 aliphatic carbocycles. The monoisotopic (exact) mass is 186 g/mol. The third kappa shape index (κ3) is 2.93. The SMILES string of the molecule is CN1CCN(C(C)(C)CCO)CC1. The first kappa shape index (κ1) is 11.0. The van der Waals surface area contributed by atoms with Crippen molar-refractivity contribution in [3.05, 3.63) is 0 Å². The molecular weight excluding hydrogens is 164 g/mol. The second-order valence-corrected chi connectivity index (χ2v) is 4.58. The van der Waals surface area contributed by atoms with Gasteiger partial charge in [0.2, 0.25) is 0 Å². The van der Waals surface area contributed by atoms with Gasteiger partial charge in [-0.3, -0.25) is 4.90 Å². The largest absolute Gasteiger partial charge is 0.396 e. The van der Waals surface area contributed by atoms with Crippen LogP contribution in [0.5, 0.6) is 0 Å². The molecule has 3 heteroatoms. The lowest BCUT2D eigenvalue weighted by molar-refractivity contribution is 0.0453. The third-order valence-electron chi connectivity index (χ3n) is 3.08. The number of aliphatic hydroxyl groups excluding tert-OH is 1. The molecule has 0 spiro atoms. The van der Waals surface area contributed by atoms with Crippen LogP contribution in [0.3, 0.4) is 0 Å². The van der Waals surface area contributed by atoms with Crippen LogP contribution in [0.15, 0.2) is 0 Å². The number of aliphatic hydroxyl groups is 1. The Balaban J connectivity index is 2.42. The van der Waals surface area contributed by atoms with Gasteiger partial charge < -0.3 is 10.0 Å². The van der Waals surface area contributed by atoms with E-state index in [9.17, 15) is 0 Å². The molecular formula is C10H22N2O. The van der Waals surface area contributed by atoms with Gasteiger partial charge in [0.1, 0.15) is 0 Å². The van der Waals surface area contributed by atoms with Gasteiger partial charge in [0.05, 0.1) is 0 Å². The molecule has 0 aromatic rings. The molecule has 0 aromatic heterocycles. The van der Waals surface area contributed by atoms with Gasteiger partial charge in [-0.1, -0.05) is 0 Å². The Bertz CT molecular complexity index is 151. The maximum atomic E-state index is 8.95. The Labute approximate surface area is 81.3 Å². The summed E-state index contributed by atoms with van der Waals surface area (Å²) in [4.78, 5) is 4.83. The van der Waals surface area contributed by atoms with E-state index in [1.165, 1.54) is 0 Å². The summed E-state index contributed by atoms with van der Waals surface area (Å²) in [6, 6.07) is 0. The van der Waals surface area contributed by atoms with Crippen LogP contribution in [0.1, 0.15) is 20.3 Å². The Morgan fingerprint density at radius 3 is 2.15 bits per heavy atom. The van der Waals surface area contributed by atoms with Crippen molar-refractivity contribution in [1.82, 2.24) is 9.80 Å². The molecule has 0 aromatic carbocycles. The van der Waals surface area contributed by atoms with Crippen LogP contribution in [-0.2, 0) is 0 Å². The standard InChI is InChI=1S/C10H22N2O/c1-10(2,4-9-13)12-7-5-11(3)6-8-12/h13H,4-9H2,1-3H3. The normalized spacial score (nSPS) is 22.2. The number of nitrogens with zero attached hydrogens (tertiary/aromatic N) is 2. The number of likely N-dealkylation sites (N-methyl/N-ethyl adjacent to an activating group) is 1. The van der Waals surface area contributed by atoms with Crippen LogP contribution in [0.25, 0.3) is 0 Å². The molecule has 0 bridgehead atoms. The van der Waals surface area contributed by atoms with Gasteiger partial charge >= 0.3 is 0 Å². The molecule has 13 heavy (non-hydrogen) atoms. The molecule has 1 N–H and O–H groups in total. The quantitative estimate of drug-likeness (QED) is 0.691. The van der Waals surface area contributed by atoms with Crippen LogP contribution in [-0.4, -0.2) is 60.3 Å². The highest BCUT2D eigenvalue weighted by Crippen LogP contribution is 2.19. The van der Waals surface area contributed by atoms with Gasteiger partial charge in [-0.25, -0.2) is 0 Å². The van der Waals surface area contributed by atoms with Crippen molar-refractivity contribution in [2.24, 2.45) is 0 Å². The molecule has 1 aliphatic rings. The summed E-state index contributed by atoms with van der Waals surface area (Å²) in [5.41, 5.74) is 0.163. The molecule has 0 atom stereocenters. The van der Waals surface area contributed by atoms with Crippen molar-refractivity contribution in [2.75, 3.05) is 39.8 Å². The van der Waals surface area contributed by atoms with Crippen molar-refractivity contribution in [1.29, 1.82) is 0 Å². The van der Waals surface area contributed by atoms with E-state index in [4.69, 9.17) is 5.11 Å². The van der Waals surface area contributed by atoms with Crippen molar-refractivity contribution in [3.8, 4) is 0 Å². The Kier molecular flexibility index (Phi) is 3.71. The Morgan fingerprint density at radius 1 is 1.15 bits per heavy atom. The summed E-state index contributed by atoms with van der Waals surface area (Å²) >= 11 is 0. The first-order valence-corrected chi connectivity index (χ1v) is 5.11. The lowest BCUT2D eigenvalue weighted by Crippen LogP contribution is -2.53. The van der Waals surface area contributed by atoms with Gasteiger partial charge in [0, 0.05) is 38.3 Å². The fourth-order valence-electron chi connectivity index (χ4n) is 1.84. The first-order chi connectivity index (χ1) is 6.06. The number of hydrogen-bond acceptors (Lipinski definition) is 3. The predicted octanol–water partition coefficient (Wildman–Crippen LogP) is 0.395. The molecule has 0 radical (unpaired) electrons. The summed E-state index contributed by atoms with van der Waals surface area (Å²) in [5.74, 6) is 0. The molecule has 1 fully saturated rings. The summed E-state index contributed by atoms with van der Waals surface area (Å²) < 4.78 is 0. The molecule has 3 nitrogen and oxygen atoms in total.